The monoisotopic (exact) mass is 397 g/mol. The van der Waals surface area contributed by atoms with Gasteiger partial charge in [0.2, 0.25) is 0 Å². The van der Waals surface area contributed by atoms with E-state index in [-0.39, 0.29) is 17.7 Å². The van der Waals surface area contributed by atoms with Crippen LogP contribution in [0.3, 0.4) is 0 Å². The maximum absolute atomic E-state index is 13.0. The molecular formula is C19H19N5OS2. The first-order valence-corrected chi connectivity index (χ1v) is 10.4. The number of aromatic nitrogens is 3. The van der Waals surface area contributed by atoms with E-state index in [4.69, 9.17) is 0 Å². The molecular weight excluding hydrogens is 378 g/mol. The van der Waals surface area contributed by atoms with Crippen LogP contribution in [0.5, 0.6) is 0 Å². The highest BCUT2D eigenvalue weighted by molar-refractivity contribution is 7.99. The molecule has 0 saturated carbocycles. The fourth-order valence-electron chi connectivity index (χ4n) is 2.98. The number of carbonyl (C=O) groups is 1. The van der Waals surface area contributed by atoms with Crippen LogP contribution >= 0.6 is 23.1 Å². The molecule has 8 heteroatoms. The molecule has 138 valence electrons. The van der Waals surface area contributed by atoms with Crippen molar-refractivity contribution in [3.8, 4) is 0 Å². The summed E-state index contributed by atoms with van der Waals surface area (Å²) in [6.45, 7) is 2.06. The highest BCUT2D eigenvalue weighted by Crippen LogP contribution is 2.34. The SMILES string of the molecule is Cc1ccc([C@H]2CC(c3cccs3)=NN2C(=O)CSc2nncn2C)cc1. The summed E-state index contributed by atoms with van der Waals surface area (Å²) >= 11 is 3.03. The van der Waals surface area contributed by atoms with Crippen molar-refractivity contribution in [3.05, 3.63) is 64.1 Å². The van der Waals surface area contributed by atoms with E-state index in [1.165, 1.54) is 17.3 Å². The second kappa shape index (κ2) is 7.66. The Bertz CT molecular complexity index is 962. The van der Waals surface area contributed by atoms with Crippen molar-refractivity contribution in [3.63, 3.8) is 0 Å². The van der Waals surface area contributed by atoms with Gasteiger partial charge >= 0.3 is 0 Å². The topological polar surface area (TPSA) is 63.4 Å². The zero-order valence-corrected chi connectivity index (χ0v) is 16.7. The van der Waals surface area contributed by atoms with Gasteiger partial charge in [-0.1, -0.05) is 47.7 Å². The van der Waals surface area contributed by atoms with Crippen molar-refractivity contribution in [1.29, 1.82) is 0 Å². The van der Waals surface area contributed by atoms with Gasteiger partial charge in [0.25, 0.3) is 5.91 Å². The van der Waals surface area contributed by atoms with E-state index < -0.39 is 0 Å². The fraction of sp³-hybridized carbons (Fsp3) is 0.263. The van der Waals surface area contributed by atoms with E-state index in [9.17, 15) is 4.79 Å². The summed E-state index contributed by atoms with van der Waals surface area (Å²) in [5.41, 5.74) is 3.27. The minimum atomic E-state index is -0.0738. The van der Waals surface area contributed by atoms with Gasteiger partial charge in [0, 0.05) is 13.5 Å². The molecule has 1 amide bonds. The van der Waals surface area contributed by atoms with Gasteiger partial charge in [0.1, 0.15) is 6.33 Å². The predicted molar refractivity (Wildman–Crippen MR) is 108 cm³/mol. The van der Waals surface area contributed by atoms with Crippen molar-refractivity contribution in [2.24, 2.45) is 12.1 Å². The van der Waals surface area contributed by atoms with E-state index in [1.807, 2.05) is 18.5 Å². The Balaban J connectivity index is 1.57. The first-order chi connectivity index (χ1) is 13.1. The molecule has 0 spiro atoms. The third-order valence-corrected chi connectivity index (χ3v) is 6.37. The quantitative estimate of drug-likeness (QED) is 0.617. The Hall–Kier alpha value is -2.45. The van der Waals surface area contributed by atoms with Crippen LogP contribution in [0.25, 0.3) is 0 Å². The van der Waals surface area contributed by atoms with Gasteiger partial charge in [-0.05, 0) is 23.9 Å². The summed E-state index contributed by atoms with van der Waals surface area (Å²) in [6, 6.07) is 12.3. The van der Waals surface area contributed by atoms with E-state index in [1.54, 1.807) is 27.2 Å². The predicted octanol–water partition coefficient (Wildman–Crippen LogP) is 3.66. The summed E-state index contributed by atoms with van der Waals surface area (Å²) in [7, 11) is 1.87. The van der Waals surface area contributed by atoms with Gasteiger partial charge < -0.3 is 4.57 Å². The zero-order chi connectivity index (χ0) is 18.8. The van der Waals surface area contributed by atoms with Gasteiger partial charge in [-0.2, -0.15) is 5.10 Å². The molecule has 3 heterocycles. The summed E-state index contributed by atoms with van der Waals surface area (Å²) in [4.78, 5) is 14.1. The van der Waals surface area contributed by atoms with Crippen LogP contribution in [-0.4, -0.2) is 37.1 Å². The molecule has 2 aromatic heterocycles. The average molecular weight is 398 g/mol. The van der Waals surface area contributed by atoms with Crippen LogP contribution in [-0.2, 0) is 11.8 Å². The highest BCUT2D eigenvalue weighted by Gasteiger charge is 2.33. The number of thiophene rings is 1. The Morgan fingerprint density at radius 1 is 1.30 bits per heavy atom. The van der Waals surface area contributed by atoms with E-state index in [0.717, 1.165) is 27.7 Å². The van der Waals surface area contributed by atoms with Crippen molar-refractivity contribution in [2.75, 3.05) is 5.75 Å². The second-order valence-electron chi connectivity index (χ2n) is 6.41. The summed E-state index contributed by atoms with van der Waals surface area (Å²) in [6.07, 6.45) is 2.36. The molecule has 3 aromatic rings. The Morgan fingerprint density at radius 3 is 2.78 bits per heavy atom. The Kier molecular flexibility index (Phi) is 5.09. The molecule has 0 saturated heterocycles. The van der Waals surface area contributed by atoms with Crippen LogP contribution in [0.15, 0.2) is 58.4 Å². The second-order valence-corrected chi connectivity index (χ2v) is 8.30. The molecule has 1 aromatic carbocycles. The average Bonchev–Trinajstić information content (AvgIpc) is 3.41. The van der Waals surface area contributed by atoms with Crippen molar-refractivity contribution in [2.45, 2.75) is 24.5 Å². The molecule has 1 aliphatic heterocycles. The van der Waals surface area contributed by atoms with E-state index in [0.29, 0.717) is 0 Å². The number of amides is 1. The molecule has 0 N–H and O–H groups in total. The fourth-order valence-corrected chi connectivity index (χ4v) is 4.44. The van der Waals surface area contributed by atoms with Crippen LogP contribution in [0.1, 0.15) is 28.5 Å². The number of hydrazone groups is 1. The van der Waals surface area contributed by atoms with E-state index >= 15 is 0 Å². The lowest BCUT2D eigenvalue weighted by molar-refractivity contribution is -0.130. The van der Waals surface area contributed by atoms with Gasteiger partial charge in [-0.25, -0.2) is 5.01 Å². The first kappa shape index (κ1) is 17.9. The van der Waals surface area contributed by atoms with Crippen LogP contribution in [0.4, 0.5) is 0 Å². The number of hydrogen-bond acceptors (Lipinski definition) is 6. The normalized spacial score (nSPS) is 16.6. The summed E-state index contributed by atoms with van der Waals surface area (Å²) in [5.74, 6) is 0.246. The molecule has 0 aliphatic carbocycles. The first-order valence-electron chi connectivity index (χ1n) is 8.58. The molecule has 0 fully saturated rings. The summed E-state index contributed by atoms with van der Waals surface area (Å²) < 4.78 is 1.81. The number of carbonyl (C=O) groups excluding carboxylic acids is 1. The molecule has 1 aliphatic rings. The van der Waals surface area contributed by atoms with Gasteiger partial charge in [-0.15, -0.1) is 21.5 Å². The number of thioether (sulfide) groups is 1. The lowest BCUT2D eigenvalue weighted by Gasteiger charge is -2.22. The third-order valence-electron chi connectivity index (χ3n) is 4.43. The van der Waals surface area contributed by atoms with Gasteiger partial charge in [-0.3, -0.25) is 4.79 Å². The van der Waals surface area contributed by atoms with E-state index in [2.05, 4.69) is 52.6 Å². The Morgan fingerprint density at radius 2 is 2.11 bits per heavy atom. The number of benzene rings is 1. The molecule has 4 rings (SSSR count). The number of hydrogen-bond donors (Lipinski definition) is 0. The lowest BCUT2D eigenvalue weighted by atomic mass is 10.00. The molecule has 0 unspecified atom stereocenters. The van der Waals surface area contributed by atoms with Crippen LogP contribution in [0, 0.1) is 6.92 Å². The molecule has 27 heavy (non-hydrogen) atoms. The molecule has 0 bridgehead atoms. The summed E-state index contributed by atoms with van der Waals surface area (Å²) in [5, 5.41) is 17.0. The highest BCUT2D eigenvalue weighted by atomic mass is 32.2. The van der Waals surface area contributed by atoms with Gasteiger partial charge in [0.15, 0.2) is 5.16 Å². The molecule has 1 atom stereocenters. The molecule has 0 radical (unpaired) electrons. The maximum Gasteiger partial charge on any atom is 0.253 e. The smallest absolute Gasteiger partial charge is 0.253 e. The maximum atomic E-state index is 13.0. The van der Waals surface area contributed by atoms with Crippen molar-refractivity contribution in [1.82, 2.24) is 19.8 Å². The lowest BCUT2D eigenvalue weighted by Crippen LogP contribution is -2.28. The van der Waals surface area contributed by atoms with Crippen LogP contribution < -0.4 is 0 Å². The van der Waals surface area contributed by atoms with Crippen molar-refractivity contribution >= 4 is 34.7 Å². The largest absolute Gasteiger partial charge is 0.312 e. The Labute approximate surface area is 165 Å². The standard InChI is InChI=1S/C19H19N5OS2/c1-13-5-7-14(8-6-13)16-10-15(17-4-3-9-26-17)22-24(16)18(25)11-27-19-21-20-12-23(19)2/h3-9,12,16H,10-11H2,1-2H3/t16-/m1/s1. The molecule has 6 nitrogen and oxygen atoms in total. The zero-order valence-electron chi connectivity index (χ0n) is 15.1. The number of nitrogens with zero attached hydrogens (tertiary/aromatic N) is 5. The minimum Gasteiger partial charge on any atom is -0.312 e. The van der Waals surface area contributed by atoms with Gasteiger partial charge in [0.05, 0.1) is 22.4 Å². The number of aryl methyl sites for hydroxylation is 2. The minimum absolute atomic E-state index is 0.0277. The van der Waals surface area contributed by atoms with Crippen LogP contribution in [0.2, 0.25) is 0 Å². The van der Waals surface area contributed by atoms with Crippen molar-refractivity contribution < 1.29 is 4.79 Å². The third kappa shape index (κ3) is 3.81. The number of rotatable bonds is 5.